The van der Waals surface area contributed by atoms with Gasteiger partial charge in [-0.25, -0.2) is 4.79 Å². The molecule has 0 spiro atoms. The number of rotatable bonds is 6. The zero-order valence-electron chi connectivity index (χ0n) is 41.1. The molecule has 66 heavy (non-hydrogen) atoms. The molecule has 1 aliphatic carbocycles. The van der Waals surface area contributed by atoms with Gasteiger partial charge in [0.1, 0.15) is 30.1 Å². The molecule has 3 fully saturated rings. The van der Waals surface area contributed by atoms with Gasteiger partial charge in [-0.05, 0) is 107 Å². The van der Waals surface area contributed by atoms with Crippen molar-refractivity contribution in [3.63, 3.8) is 0 Å². The number of amides is 1. The van der Waals surface area contributed by atoms with Crippen molar-refractivity contribution in [2.24, 2.45) is 35.5 Å². The van der Waals surface area contributed by atoms with Crippen LogP contribution in [0.5, 0.6) is 0 Å². The van der Waals surface area contributed by atoms with Crippen molar-refractivity contribution >= 4 is 29.2 Å². The molecule has 0 aromatic rings. The molecule has 0 aromatic heterocycles. The van der Waals surface area contributed by atoms with Crippen LogP contribution < -0.4 is 0 Å². The molecule has 1 amide bonds. The summed E-state index contributed by atoms with van der Waals surface area (Å²) in [6.45, 7) is 12.7. The van der Waals surface area contributed by atoms with Gasteiger partial charge in [0.05, 0.1) is 24.4 Å². The van der Waals surface area contributed by atoms with Gasteiger partial charge >= 0.3 is 5.97 Å². The second-order valence-electron chi connectivity index (χ2n) is 19.6. The Kier molecular flexibility index (Phi) is 22.7. The molecular weight excluding hydrogens is 851 g/mol. The van der Waals surface area contributed by atoms with E-state index in [-0.39, 0.29) is 60.3 Å². The monoisotopic (exact) mass is 932 g/mol. The van der Waals surface area contributed by atoms with Crippen LogP contribution in [-0.2, 0) is 47.7 Å². The van der Waals surface area contributed by atoms with Gasteiger partial charge in [-0.3, -0.25) is 19.2 Å². The fraction of sp³-hybridized carbons (Fsp3) is 0.745. The number of esters is 1. The third kappa shape index (κ3) is 14.8. The quantitative estimate of drug-likeness (QED) is 0.174. The molecule has 5 N–H and O–H groups in total. The lowest BCUT2D eigenvalue weighted by Crippen LogP contribution is -2.61. The highest BCUT2D eigenvalue weighted by molar-refractivity contribution is 6.39. The highest BCUT2D eigenvalue weighted by Crippen LogP contribution is 2.38. The Balaban J connectivity index is 0.0000116. The van der Waals surface area contributed by atoms with Crippen molar-refractivity contribution in [3.8, 4) is 0 Å². The number of aliphatic hydroxyl groups excluding tert-OH is 2. The number of nitrogens with zero attached hydrogens (tertiary/aromatic N) is 1. The van der Waals surface area contributed by atoms with Crippen molar-refractivity contribution in [1.29, 1.82) is 0 Å². The normalized spacial score (nSPS) is 39.8. The molecule has 4 rings (SSSR count). The van der Waals surface area contributed by atoms with Gasteiger partial charge in [0, 0.05) is 58.5 Å². The maximum absolute atomic E-state index is 14.4. The minimum atomic E-state index is -2.43. The molecule has 15 heteroatoms. The fourth-order valence-electron chi connectivity index (χ4n) is 10.1. The molecule has 4 aliphatic rings. The second-order valence-corrected chi connectivity index (χ2v) is 19.6. The van der Waals surface area contributed by atoms with Gasteiger partial charge in [0.2, 0.25) is 5.79 Å². The number of Topliss-reactive ketones (excluding diaryl/α,β-unsaturated/α-hetero) is 3. The number of ether oxygens (including phenoxy) is 5. The lowest BCUT2D eigenvalue weighted by atomic mass is 9.78. The average Bonchev–Trinajstić information content (AvgIpc) is 3.28. The lowest BCUT2D eigenvalue weighted by Gasteiger charge is -2.42. The Hall–Kier alpha value is -3.41. The molecule has 374 valence electrons. The van der Waals surface area contributed by atoms with Crippen molar-refractivity contribution in [1.82, 2.24) is 4.90 Å². The van der Waals surface area contributed by atoms with Crippen LogP contribution in [0.4, 0.5) is 0 Å². The molecule has 3 aliphatic heterocycles. The Labute approximate surface area is 392 Å². The van der Waals surface area contributed by atoms with E-state index in [0.717, 1.165) is 12.0 Å². The van der Waals surface area contributed by atoms with Gasteiger partial charge in [-0.2, -0.15) is 0 Å². The summed E-state index contributed by atoms with van der Waals surface area (Å²) in [6, 6.07) is -1.14. The van der Waals surface area contributed by atoms with E-state index in [9.17, 15) is 39.3 Å². The highest BCUT2D eigenvalue weighted by Gasteiger charge is 2.53. The smallest absolute Gasteiger partial charge is 0.329 e. The van der Waals surface area contributed by atoms with Crippen LogP contribution in [-0.4, -0.2) is 137 Å². The standard InChI is InChI=1S/C51H79NO13.H2O/c1-30-16-12-11-13-17-31(2)42(61-8)28-38-21-19-36(7)51(60,65-38)48(57)49(58)52-23-15-14-18-39(52)50(59)64-43(33(4)26-37-20-22-40(53)44(27-37)62-9)29-41(54)32(3)25-35(6)46(56)47(63-10)45(55)34(5)24-30;/h11-13,16-17,25,30,32-34,36-40,42-44,46-47,53,56,60H,14-15,18-24,26-29H2,1-10H3;1H2/b13-11+,16-12+,31-17+,35-25+;/t30-,32-,33-,34-,36-,37+,38+,39+,40-,42+,43+,44-,46-,47+,51-;/m1./s1. The van der Waals surface area contributed by atoms with Gasteiger partial charge in [-0.15, -0.1) is 0 Å². The first-order valence-corrected chi connectivity index (χ1v) is 23.9. The minimum Gasteiger partial charge on any atom is -0.460 e. The van der Waals surface area contributed by atoms with Crippen molar-refractivity contribution in [3.05, 3.63) is 47.6 Å². The largest absolute Gasteiger partial charge is 0.460 e. The maximum Gasteiger partial charge on any atom is 0.329 e. The highest BCUT2D eigenvalue weighted by atomic mass is 16.6. The molecule has 0 aromatic carbocycles. The number of cyclic esters (lactones) is 1. The number of hydrogen-bond acceptors (Lipinski definition) is 13. The summed E-state index contributed by atoms with van der Waals surface area (Å²) in [7, 11) is 4.52. The summed E-state index contributed by atoms with van der Waals surface area (Å²) in [5.74, 6) is -7.96. The zero-order chi connectivity index (χ0) is 48.2. The number of carbonyl (C=O) groups is 5. The van der Waals surface area contributed by atoms with Gasteiger partial charge in [0.25, 0.3) is 11.7 Å². The Bertz CT molecular complexity index is 1760. The van der Waals surface area contributed by atoms with Crippen molar-refractivity contribution in [2.75, 3.05) is 27.9 Å². The summed E-state index contributed by atoms with van der Waals surface area (Å²) in [5.41, 5.74) is 1.27. The van der Waals surface area contributed by atoms with E-state index < -0.39 is 83.9 Å². The first-order chi connectivity index (χ1) is 30.7. The number of hydrogen-bond donors (Lipinski definition) is 3. The Morgan fingerprint density at radius 3 is 2.23 bits per heavy atom. The zero-order valence-corrected chi connectivity index (χ0v) is 41.1. The maximum atomic E-state index is 14.4. The Morgan fingerprint density at radius 1 is 0.848 bits per heavy atom. The molecule has 0 radical (unpaired) electrons. The number of piperidine rings is 1. The van der Waals surface area contributed by atoms with E-state index in [2.05, 4.69) is 0 Å². The van der Waals surface area contributed by atoms with Crippen LogP contribution in [0.15, 0.2) is 47.6 Å². The first-order valence-electron chi connectivity index (χ1n) is 23.9. The number of fused-ring (bicyclic) bond motifs is 3. The van der Waals surface area contributed by atoms with Crippen LogP contribution >= 0.6 is 0 Å². The first kappa shape index (κ1) is 56.9. The number of allylic oxidation sites excluding steroid dienone is 6. The van der Waals surface area contributed by atoms with E-state index >= 15 is 0 Å². The third-order valence-electron chi connectivity index (χ3n) is 14.5. The van der Waals surface area contributed by atoms with E-state index in [4.69, 9.17) is 23.7 Å². The summed E-state index contributed by atoms with van der Waals surface area (Å²) < 4.78 is 29.4. The van der Waals surface area contributed by atoms with Crippen molar-refractivity contribution < 1.29 is 68.5 Å². The molecule has 15 nitrogen and oxygen atoms in total. The molecule has 0 unspecified atom stereocenters. The molecule has 2 saturated heterocycles. The second kappa shape index (κ2) is 26.4. The third-order valence-corrected chi connectivity index (χ3v) is 14.5. The van der Waals surface area contributed by atoms with E-state index in [1.807, 2.05) is 58.1 Å². The summed E-state index contributed by atoms with van der Waals surface area (Å²) in [6.07, 6.45) is 11.2. The minimum absolute atomic E-state index is 0. The van der Waals surface area contributed by atoms with Gasteiger partial charge in [-0.1, -0.05) is 71.1 Å². The summed E-state index contributed by atoms with van der Waals surface area (Å²) >= 11 is 0. The Morgan fingerprint density at radius 2 is 1.56 bits per heavy atom. The predicted molar refractivity (Wildman–Crippen MR) is 249 cm³/mol. The van der Waals surface area contributed by atoms with E-state index in [1.165, 1.54) is 12.0 Å². The fourth-order valence-corrected chi connectivity index (χ4v) is 10.1. The van der Waals surface area contributed by atoms with E-state index in [0.29, 0.717) is 63.4 Å². The van der Waals surface area contributed by atoms with Crippen LogP contribution in [0.2, 0.25) is 0 Å². The van der Waals surface area contributed by atoms with Crippen LogP contribution in [0.1, 0.15) is 126 Å². The lowest BCUT2D eigenvalue weighted by molar-refractivity contribution is -0.265. The molecular formula is C51H81NO14. The summed E-state index contributed by atoms with van der Waals surface area (Å²) in [4.78, 5) is 71.8. The van der Waals surface area contributed by atoms with Crippen LogP contribution in [0.3, 0.4) is 0 Å². The number of ketones is 3. The SMILES string of the molecule is CO[C@H]1C[C@@H]2CC[C@@H](C)[C@@](O)(O2)C(=O)C(=O)N2CCCC[C@H]2C(=O)O[C@H]([C@H](C)C[C@@H]2CC[C@@H](O)[C@H](OC)C2)CC(=O)[C@H](C)/C=C(\C)[C@@H](O)[C@@H](OC)C(=O)[C@H](C)C[C@H](C)/C=C/C=C/C=C/1C.O. The molecule has 15 atom stereocenters. The molecule has 3 heterocycles. The van der Waals surface area contributed by atoms with Crippen molar-refractivity contribution in [2.45, 2.75) is 180 Å². The van der Waals surface area contributed by atoms with Crippen LogP contribution in [0, 0.1) is 35.5 Å². The number of methoxy groups -OCH3 is 3. The predicted octanol–water partition coefficient (Wildman–Crippen LogP) is 5.36. The molecule has 1 saturated carbocycles. The van der Waals surface area contributed by atoms with E-state index in [1.54, 1.807) is 41.1 Å². The topological polar surface area (TPSA) is 227 Å². The average molecular weight is 932 g/mol. The van der Waals surface area contributed by atoms with Crippen LogP contribution in [0.25, 0.3) is 0 Å². The number of aliphatic hydroxyl groups is 3. The van der Waals surface area contributed by atoms with Gasteiger partial charge < -0.3 is 49.4 Å². The molecule has 2 bridgehead atoms. The van der Waals surface area contributed by atoms with Gasteiger partial charge in [0.15, 0.2) is 5.78 Å². The summed E-state index contributed by atoms with van der Waals surface area (Å²) in [5, 5.41) is 33.8. The number of carbonyl (C=O) groups excluding carboxylic acids is 5.